The molecule has 2 aromatic heterocycles. The molecule has 114 valence electrons. The topological polar surface area (TPSA) is 50.1 Å². The van der Waals surface area contributed by atoms with Crippen molar-refractivity contribution in [2.24, 2.45) is 0 Å². The van der Waals surface area contributed by atoms with E-state index in [4.69, 9.17) is 11.6 Å². The fourth-order valence-corrected chi connectivity index (χ4v) is 2.96. The predicted molar refractivity (Wildman–Crippen MR) is 89.6 cm³/mol. The van der Waals surface area contributed by atoms with Gasteiger partial charge in [0.15, 0.2) is 0 Å². The van der Waals surface area contributed by atoms with Gasteiger partial charge < -0.3 is 10.4 Å². The summed E-state index contributed by atoms with van der Waals surface area (Å²) in [5.74, 6) is 0. The van der Waals surface area contributed by atoms with Crippen molar-refractivity contribution in [3.63, 3.8) is 0 Å². The van der Waals surface area contributed by atoms with Crippen LogP contribution in [0.25, 0.3) is 5.69 Å². The minimum absolute atomic E-state index is 0.474. The Bertz CT molecular complexity index is 709. The van der Waals surface area contributed by atoms with Crippen LogP contribution in [0.1, 0.15) is 17.2 Å². The first-order valence-electron chi connectivity index (χ1n) is 6.93. The third-order valence-corrected chi connectivity index (χ3v) is 4.28. The smallest absolute Gasteiger partial charge is 0.0922 e. The number of rotatable bonds is 6. The summed E-state index contributed by atoms with van der Waals surface area (Å²) in [5.41, 5.74) is 2.98. The summed E-state index contributed by atoms with van der Waals surface area (Å²) in [6.07, 6.45) is 3.31. The van der Waals surface area contributed by atoms with Crippen LogP contribution >= 0.6 is 22.9 Å². The molecule has 0 aliphatic carbocycles. The van der Waals surface area contributed by atoms with Gasteiger partial charge in [-0.15, -0.1) is 0 Å². The molecule has 0 saturated heterocycles. The fourth-order valence-electron chi connectivity index (χ4n) is 2.12. The Morgan fingerprint density at radius 2 is 2.09 bits per heavy atom. The molecule has 1 aromatic carbocycles. The predicted octanol–water partition coefficient (Wildman–Crippen LogP) is 3.41. The van der Waals surface area contributed by atoms with Gasteiger partial charge in [-0.2, -0.15) is 16.4 Å². The molecule has 3 rings (SSSR count). The number of nitrogens with one attached hydrogen (secondary N) is 1. The minimum atomic E-state index is -0.474. The van der Waals surface area contributed by atoms with E-state index in [0.29, 0.717) is 18.1 Å². The number of hydrogen-bond acceptors (Lipinski definition) is 4. The van der Waals surface area contributed by atoms with Gasteiger partial charge in [-0.05, 0) is 46.7 Å². The Morgan fingerprint density at radius 3 is 2.82 bits per heavy atom. The molecule has 6 heteroatoms. The van der Waals surface area contributed by atoms with Crippen molar-refractivity contribution < 1.29 is 5.11 Å². The molecular formula is C16H16ClN3OS. The largest absolute Gasteiger partial charge is 0.387 e. The van der Waals surface area contributed by atoms with Gasteiger partial charge in [0.25, 0.3) is 0 Å². The van der Waals surface area contributed by atoms with Crippen molar-refractivity contribution in [3.05, 3.63) is 69.6 Å². The SMILES string of the molecule is OC(CNCc1cnn(-c2ccc(Cl)cc2)c1)c1ccsc1. The lowest BCUT2D eigenvalue weighted by molar-refractivity contribution is 0.175. The minimum Gasteiger partial charge on any atom is -0.387 e. The monoisotopic (exact) mass is 333 g/mol. The second-order valence-electron chi connectivity index (χ2n) is 4.97. The van der Waals surface area contributed by atoms with Gasteiger partial charge in [-0.25, -0.2) is 4.68 Å². The fraction of sp³-hybridized carbons (Fsp3) is 0.188. The zero-order valence-electron chi connectivity index (χ0n) is 11.8. The van der Waals surface area contributed by atoms with Crippen LogP contribution in [0.15, 0.2) is 53.5 Å². The summed E-state index contributed by atoms with van der Waals surface area (Å²) in [6, 6.07) is 9.47. The first-order valence-corrected chi connectivity index (χ1v) is 8.25. The molecule has 1 atom stereocenters. The van der Waals surface area contributed by atoms with Gasteiger partial charge >= 0.3 is 0 Å². The van der Waals surface area contributed by atoms with Gasteiger partial charge in [0.05, 0.1) is 18.0 Å². The summed E-state index contributed by atoms with van der Waals surface area (Å²) >= 11 is 7.47. The Morgan fingerprint density at radius 1 is 1.27 bits per heavy atom. The zero-order valence-corrected chi connectivity index (χ0v) is 13.4. The van der Waals surface area contributed by atoms with Crippen LogP contribution < -0.4 is 5.32 Å². The van der Waals surface area contributed by atoms with Crippen LogP contribution in [0.3, 0.4) is 0 Å². The highest BCUT2D eigenvalue weighted by molar-refractivity contribution is 7.07. The van der Waals surface area contributed by atoms with Gasteiger partial charge in [0, 0.05) is 29.9 Å². The van der Waals surface area contributed by atoms with E-state index in [2.05, 4.69) is 10.4 Å². The van der Waals surface area contributed by atoms with E-state index < -0.39 is 6.10 Å². The van der Waals surface area contributed by atoms with Gasteiger partial charge in [0.2, 0.25) is 0 Å². The average molecular weight is 334 g/mol. The van der Waals surface area contributed by atoms with Gasteiger partial charge in [-0.1, -0.05) is 11.6 Å². The lowest BCUT2D eigenvalue weighted by Gasteiger charge is -2.09. The number of aromatic nitrogens is 2. The molecule has 22 heavy (non-hydrogen) atoms. The highest BCUT2D eigenvalue weighted by atomic mass is 35.5. The number of hydrogen-bond donors (Lipinski definition) is 2. The molecule has 0 aliphatic heterocycles. The molecular weight excluding hydrogens is 318 g/mol. The Kier molecular flexibility index (Phi) is 4.90. The van der Waals surface area contributed by atoms with Crippen molar-refractivity contribution in [2.45, 2.75) is 12.6 Å². The van der Waals surface area contributed by atoms with E-state index in [1.165, 1.54) is 0 Å². The van der Waals surface area contributed by atoms with Crippen LogP contribution in [-0.2, 0) is 6.54 Å². The number of benzene rings is 1. The normalized spacial score (nSPS) is 12.5. The summed E-state index contributed by atoms with van der Waals surface area (Å²) in [6.45, 7) is 1.18. The van der Waals surface area contributed by atoms with Crippen LogP contribution in [0.5, 0.6) is 0 Å². The molecule has 0 amide bonds. The zero-order chi connectivity index (χ0) is 15.4. The molecule has 0 fully saturated rings. The summed E-state index contributed by atoms with van der Waals surface area (Å²) in [5, 5.41) is 22.2. The second kappa shape index (κ2) is 7.07. The average Bonchev–Trinajstić information content (AvgIpc) is 3.19. The van der Waals surface area contributed by atoms with Gasteiger partial charge in [0.1, 0.15) is 0 Å². The number of aliphatic hydroxyl groups excluding tert-OH is 1. The van der Waals surface area contributed by atoms with Crippen LogP contribution in [0.2, 0.25) is 5.02 Å². The molecule has 3 aromatic rings. The number of halogens is 1. The summed E-state index contributed by atoms with van der Waals surface area (Å²) < 4.78 is 1.81. The van der Waals surface area contributed by atoms with E-state index in [9.17, 15) is 5.11 Å². The molecule has 0 spiro atoms. The van der Waals surface area contributed by atoms with Crippen LogP contribution in [0.4, 0.5) is 0 Å². The molecule has 1 unspecified atom stereocenters. The highest BCUT2D eigenvalue weighted by Crippen LogP contribution is 2.16. The maximum absolute atomic E-state index is 10.0. The molecule has 4 nitrogen and oxygen atoms in total. The highest BCUT2D eigenvalue weighted by Gasteiger charge is 2.07. The molecule has 0 aliphatic rings. The maximum Gasteiger partial charge on any atom is 0.0922 e. The Balaban J connectivity index is 1.55. The first kappa shape index (κ1) is 15.2. The standard InChI is InChI=1S/C16H16ClN3OS/c17-14-1-3-15(4-2-14)20-10-12(8-19-20)7-18-9-16(21)13-5-6-22-11-13/h1-6,8,10-11,16,18,21H,7,9H2. The summed E-state index contributed by atoms with van der Waals surface area (Å²) in [4.78, 5) is 0. The summed E-state index contributed by atoms with van der Waals surface area (Å²) in [7, 11) is 0. The van der Waals surface area contributed by atoms with Crippen LogP contribution in [-0.4, -0.2) is 21.4 Å². The van der Waals surface area contributed by atoms with Gasteiger partial charge in [-0.3, -0.25) is 0 Å². The molecule has 2 heterocycles. The van der Waals surface area contributed by atoms with E-state index in [1.54, 1.807) is 11.3 Å². The van der Waals surface area contributed by atoms with E-state index >= 15 is 0 Å². The Labute approximate surface area is 138 Å². The molecule has 2 N–H and O–H groups in total. The molecule has 0 bridgehead atoms. The van der Waals surface area contributed by atoms with E-state index in [0.717, 1.165) is 16.8 Å². The lowest BCUT2D eigenvalue weighted by Crippen LogP contribution is -2.20. The number of thiophene rings is 1. The number of nitrogens with zero attached hydrogens (tertiary/aromatic N) is 2. The third-order valence-electron chi connectivity index (χ3n) is 3.32. The quantitative estimate of drug-likeness (QED) is 0.726. The van der Waals surface area contributed by atoms with Crippen molar-refractivity contribution in [1.82, 2.24) is 15.1 Å². The first-order chi connectivity index (χ1) is 10.7. The van der Waals surface area contributed by atoms with Crippen molar-refractivity contribution in [2.75, 3.05) is 6.54 Å². The van der Waals surface area contributed by atoms with Crippen molar-refractivity contribution >= 4 is 22.9 Å². The second-order valence-corrected chi connectivity index (χ2v) is 6.19. The third kappa shape index (κ3) is 3.75. The number of aliphatic hydroxyl groups is 1. The molecule has 0 saturated carbocycles. The van der Waals surface area contributed by atoms with E-state index in [1.807, 2.05) is 58.2 Å². The van der Waals surface area contributed by atoms with Crippen molar-refractivity contribution in [1.29, 1.82) is 0 Å². The van der Waals surface area contributed by atoms with Crippen molar-refractivity contribution in [3.8, 4) is 5.69 Å². The maximum atomic E-state index is 10.0. The lowest BCUT2D eigenvalue weighted by atomic mass is 10.2. The Hall–Kier alpha value is -1.66. The molecule has 0 radical (unpaired) electrons. The van der Waals surface area contributed by atoms with Crippen LogP contribution in [0, 0.1) is 0 Å². The van der Waals surface area contributed by atoms with E-state index in [-0.39, 0.29) is 0 Å².